The third kappa shape index (κ3) is 3.54. The van der Waals surface area contributed by atoms with Gasteiger partial charge in [0.25, 0.3) is 0 Å². The molecule has 0 aliphatic carbocycles. The molecular weight excluding hydrogens is 274 g/mol. The normalized spacial score (nSPS) is 20.7. The van der Waals surface area contributed by atoms with E-state index in [1.165, 1.54) is 11.3 Å². The molecule has 0 radical (unpaired) electrons. The van der Waals surface area contributed by atoms with E-state index in [2.05, 4.69) is 36.3 Å². The largest absolute Gasteiger partial charge is 0.325 e. The number of thiophene rings is 1. The molecule has 2 heterocycles. The number of nitrogens with zero attached hydrogens (tertiary/aromatic N) is 1. The molecule has 2 atom stereocenters. The molecule has 106 valence electrons. The van der Waals surface area contributed by atoms with Crippen LogP contribution < -0.4 is 0 Å². The summed E-state index contributed by atoms with van der Waals surface area (Å²) >= 11 is 3.67. The number of hydrogen-bond donors (Lipinski definition) is 0. The number of thioether (sulfide) groups is 1. The van der Waals surface area contributed by atoms with Crippen LogP contribution in [0.5, 0.6) is 0 Å². The highest BCUT2D eigenvalue weighted by molar-refractivity contribution is 7.99. The lowest BCUT2D eigenvalue weighted by atomic mass is 9.97. The fourth-order valence-electron chi connectivity index (χ4n) is 2.55. The zero-order valence-corrected chi connectivity index (χ0v) is 13.4. The second kappa shape index (κ2) is 7.34. The lowest BCUT2D eigenvalue weighted by molar-refractivity contribution is -0.136. The van der Waals surface area contributed by atoms with Gasteiger partial charge in [-0.15, -0.1) is 23.1 Å². The van der Waals surface area contributed by atoms with E-state index >= 15 is 0 Å². The zero-order chi connectivity index (χ0) is 13.7. The Morgan fingerprint density at radius 2 is 2.37 bits per heavy atom. The Kier molecular flexibility index (Phi) is 5.76. The summed E-state index contributed by atoms with van der Waals surface area (Å²) in [7, 11) is 0. The Morgan fingerprint density at radius 3 is 3.00 bits per heavy atom. The van der Waals surface area contributed by atoms with Crippen LogP contribution in [-0.2, 0) is 4.79 Å². The Bertz CT molecular complexity index is 391. The van der Waals surface area contributed by atoms with Crippen LogP contribution in [0.4, 0.5) is 0 Å². The first-order chi connectivity index (χ1) is 9.27. The van der Waals surface area contributed by atoms with E-state index in [9.17, 15) is 4.79 Å². The molecule has 1 fully saturated rings. The smallest absolute Gasteiger partial charge is 0.226 e. The third-order valence-electron chi connectivity index (χ3n) is 3.71. The Balaban J connectivity index is 2.04. The predicted molar refractivity (Wildman–Crippen MR) is 84.5 cm³/mol. The molecule has 1 aliphatic heterocycles. The maximum Gasteiger partial charge on any atom is 0.226 e. The summed E-state index contributed by atoms with van der Waals surface area (Å²) in [4.78, 5) is 16.1. The van der Waals surface area contributed by atoms with Crippen LogP contribution >= 0.6 is 23.1 Å². The van der Waals surface area contributed by atoms with E-state index in [0.717, 1.165) is 31.6 Å². The van der Waals surface area contributed by atoms with Gasteiger partial charge >= 0.3 is 0 Å². The fourth-order valence-corrected chi connectivity index (χ4v) is 4.79. The summed E-state index contributed by atoms with van der Waals surface area (Å²) in [6.45, 7) is 5.24. The average molecular weight is 297 g/mol. The molecule has 0 spiro atoms. The molecule has 2 rings (SSSR count). The van der Waals surface area contributed by atoms with Gasteiger partial charge in [-0.05, 0) is 24.3 Å². The van der Waals surface area contributed by atoms with E-state index in [1.807, 2.05) is 11.8 Å². The molecule has 0 saturated carbocycles. The number of hydrogen-bond acceptors (Lipinski definition) is 3. The van der Waals surface area contributed by atoms with E-state index < -0.39 is 0 Å². The standard InChI is InChI=1S/C15H23NOS2/c1-3-5-7-12(4-2)14(17)16-9-11-19-15(16)13-8-6-10-18-13/h6,8,10,12,15H,3-5,7,9,11H2,1-2H3/t12-,15-/m0/s1. The van der Waals surface area contributed by atoms with Gasteiger partial charge in [0.05, 0.1) is 0 Å². The molecule has 2 nitrogen and oxygen atoms in total. The molecule has 1 saturated heterocycles. The quantitative estimate of drug-likeness (QED) is 0.768. The van der Waals surface area contributed by atoms with Gasteiger partial charge < -0.3 is 4.90 Å². The van der Waals surface area contributed by atoms with Crippen molar-refractivity contribution in [3.8, 4) is 0 Å². The molecule has 1 aromatic rings. The number of carbonyl (C=O) groups excluding carboxylic acids is 1. The molecule has 19 heavy (non-hydrogen) atoms. The minimum absolute atomic E-state index is 0.223. The minimum atomic E-state index is 0.223. The van der Waals surface area contributed by atoms with Gasteiger partial charge in [-0.25, -0.2) is 0 Å². The Labute approximate surface area is 124 Å². The summed E-state index contributed by atoms with van der Waals surface area (Å²) in [5.74, 6) is 1.67. The maximum absolute atomic E-state index is 12.7. The van der Waals surface area contributed by atoms with Gasteiger partial charge in [0, 0.05) is 23.1 Å². The Morgan fingerprint density at radius 1 is 1.53 bits per heavy atom. The first kappa shape index (κ1) is 14.9. The molecule has 0 N–H and O–H groups in total. The van der Waals surface area contributed by atoms with Gasteiger partial charge in [-0.1, -0.05) is 32.8 Å². The van der Waals surface area contributed by atoms with Crippen molar-refractivity contribution in [1.29, 1.82) is 0 Å². The molecule has 1 aliphatic rings. The number of rotatable bonds is 6. The van der Waals surface area contributed by atoms with Crippen molar-refractivity contribution >= 4 is 29.0 Å². The summed E-state index contributed by atoms with van der Waals surface area (Å²) in [6.07, 6.45) is 4.35. The van der Waals surface area contributed by atoms with Crippen molar-refractivity contribution in [1.82, 2.24) is 4.90 Å². The van der Waals surface area contributed by atoms with Crippen molar-refractivity contribution in [2.24, 2.45) is 5.92 Å². The summed E-state index contributed by atoms with van der Waals surface area (Å²) in [6, 6.07) is 4.23. The van der Waals surface area contributed by atoms with Crippen LogP contribution in [0.2, 0.25) is 0 Å². The van der Waals surface area contributed by atoms with Crippen molar-refractivity contribution in [3.05, 3.63) is 22.4 Å². The number of unbranched alkanes of at least 4 members (excludes halogenated alkanes) is 1. The van der Waals surface area contributed by atoms with E-state index in [0.29, 0.717) is 5.91 Å². The highest BCUT2D eigenvalue weighted by Crippen LogP contribution is 2.41. The van der Waals surface area contributed by atoms with Crippen LogP contribution in [0.1, 0.15) is 49.8 Å². The minimum Gasteiger partial charge on any atom is -0.325 e. The van der Waals surface area contributed by atoms with Crippen LogP contribution in [0.3, 0.4) is 0 Å². The van der Waals surface area contributed by atoms with E-state index in [-0.39, 0.29) is 11.3 Å². The second-order valence-electron chi connectivity index (χ2n) is 5.02. The Hall–Kier alpha value is -0.480. The number of carbonyl (C=O) groups is 1. The van der Waals surface area contributed by atoms with Gasteiger partial charge in [0.2, 0.25) is 5.91 Å². The molecule has 0 bridgehead atoms. The monoisotopic (exact) mass is 297 g/mol. The van der Waals surface area contributed by atoms with Gasteiger partial charge in [0.15, 0.2) is 0 Å². The van der Waals surface area contributed by atoms with Crippen molar-refractivity contribution in [2.45, 2.75) is 44.9 Å². The van der Waals surface area contributed by atoms with E-state index in [4.69, 9.17) is 0 Å². The summed E-state index contributed by atoms with van der Waals surface area (Å²) in [5, 5.41) is 2.37. The van der Waals surface area contributed by atoms with Crippen LogP contribution in [0.25, 0.3) is 0 Å². The SMILES string of the molecule is CCCC[C@H](CC)C(=O)N1CCS[C@H]1c1cccs1. The highest BCUT2D eigenvalue weighted by Gasteiger charge is 2.33. The van der Waals surface area contributed by atoms with Crippen LogP contribution in [-0.4, -0.2) is 23.1 Å². The molecular formula is C15H23NOS2. The lowest BCUT2D eigenvalue weighted by Gasteiger charge is -2.27. The topological polar surface area (TPSA) is 20.3 Å². The second-order valence-corrected chi connectivity index (χ2v) is 7.18. The van der Waals surface area contributed by atoms with Gasteiger partial charge in [-0.2, -0.15) is 0 Å². The molecule has 1 aromatic heterocycles. The zero-order valence-electron chi connectivity index (χ0n) is 11.8. The molecule has 0 aromatic carbocycles. The van der Waals surface area contributed by atoms with Gasteiger partial charge in [-0.3, -0.25) is 4.79 Å². The fraction of sp³-hybridized carbons (Fsp3) is 0.667. The molecule has 1 amide bonds. The van der Waals surface area contributed by atoms with Crippen LogP contribution in [0.15, 0.2) is 17.5 Å². The van der Waals surface area contributed by atoms with Crippen LogP contribution in [0, 0.1) is 5.92 Å². The first-order valence-corrected chi connectivity index (χ1v) is 9.16. The van der Waals surface area contributed by atoms with E-state index in [1.54, 1.807) is 11.3 Å². The molecule has 4 heteroatoms. The van der Waals surface area contributed by atoms with Crippen molar-refractivity contribution in [3.63, 3.8) is 0 Å². The maximum atomic E-state index is 12.7. The summed E-state index contributed by atoms with van der Waals surface area (Å²) < 4.78 is 0. The highest BCUT2D eigenvalue weighted by atomic mass is 32.2. The lowest BCUT2D eigenvalue weighted by Crippen LogP contribution is -2.35. The predicted octanol–water partition coefficient (Wildman–Crippen LogP) is 4.54. The third-order valence-corrected chi connectivity index (χ3v) is 6.03. The van der Waals surface area contributed by atoms with Crippen molar-refractivity contribution < 1.29 is 4.79 Å². The van der Waals surface area contributed by atoms with Gasteiger partial charge in [0.1, 0.15) is 5.37 Å². The average Bonchev–Trinajstić information content (AvgIpc) is 3.09. The first-order valence-electron chi connectivity index (χ1n) is 7.23. The number of amides is 1. The van der Waals surface area contributed by atoms with Crippen molar-refractivity contribution in [2.75, 3.05) is 12.3 Å². The summed E-state index contributed by atoms with van der Waals surface area (Å²) in [5.41, 5.74) is 0. The molecule has 0 unspecified atom stereocenters.